The van der Waals surface area contributed by atoms with Gasteiger partial charge >= 0.3 is 0 Å². The van der Waals surface area contributed by atoms with Gasteiger partial charge in [-0.2, -0.15) is 0 Å². The van der Waals surface area contributed by atoms with Gasteiger partial charge in [-0.3, -0.25) is 4.79 Å². The van der Waals surface area contributed by atoms with Crippen LogP contribution in [0.2, 0.25) is 0 Å². The van der Waals surface area contributed by atoms with Crippen molar-refractivity contribution in [3.05, 3.63) is 66.1 Å². The Morgan fingerprint density at radius 1 is 1.24 bits per heavy atom. The summed E-state index contributed by atoms with van der Waals surface area (Å²) in [6, 6.07) is 11.1. The van der Waals surface area contributed by atoms with E-state index in [4.69, 9.17) is 9.15 Å². The molecule has 1 aliphatic heterocycles. The summed E-state index contributed by atoms with van der Waals surface area (Å²) in [4.78, 5) is 16.6. The molecule has 0 radical (unpaired) electrons. The molecular weight excluding hydrogens is 318 g/mol. The molecule has 1 N–H and O–H groups in total. The standard InChI is InChI=1S/C19H19N3O3/c1-13-2-7-17(25-13)19(23)21-15-3-5-16(6-4-15)22-10-9-20-18(22)14-8-11-24-12-14/h2-7,9-10,14H,8,11-12H2,1H3,(H,21,23)/t14-/m0/s1. The highest BCUT2D eigenvalue weighted by atomic mass is 16.5. The zero-order valence-corrected chi connectivity index (χ0v) is 13.9. The molecule has 1 saturated heterocycles. The third-order valence-electron chi connectivity index (χ3n) is 4.33. The van der Waals surface area contributed by atoms with Gasteiger partial charge < -0.3 is 19.0 Å². The van der Waals surface area contributed by atoms with Crippen molar-refractivity contribution in [3.8, 4) is 5.69 Å². The van der Waals surface area contributed by atoms with Gasteiger partial charge in [-0.1, -0.05) is 0 Å². The molecule has 3 heterocycles. The van der Waals surface area contributed by atoms with Gasteiger partial charge in [0.05, 0.1) is 6.61 Å². The van der Waals surface area contributed by atoms with E-state index in [0.717, 1.165) is 24.5 Å². The molecule has 0 spiro atoms. The average molecular weight is 337 g/mol. The molecule has 2 aromatic heterocycles. The topological polar surface area (TPSA) is 69.3 Å². The van der Waals surface area contributed by atoms with Crippen molar-refractivity contribution in [2.45, 2.75) is 19.3 Å². The van der Waals surface area contributed by atoms with Gasteiger partial charge in [0.15, 0.2) is 5.76 Å². The monoisotopic (exact) mass is 337 g/mol. The van der Waals surface area contributed by atoms with Crippen LogP contribution in [-0.2, 0) is 4.74 Å². The molecule has 4 rings (SSSR count). The molecule has 0 saturated carbocycles. The van der Waals surface area contributed by atoms with Gasteiger partial charge in [-0.25, -0.2) is 4.98 Å². The van der Waals surface area contributed by atoms with Gasteiger partial charge in [0.1, 0.15) is 11.6 Å². The number of anilines is 1. The van der Waals surface area contributed by atoms with Crippen molar-refractivity contribution in [2.75, 3.05) is 18.5 Å². The molecule has 6 heteroatoms. The van der Waals surface area contributed by atoms with Crippen LogP contribution in [0.3, 0.4) is 0 Å². The lowest BCUT2D eigenvalue weighted by atomic mass is 10.1. The number of nitrogens with one attached hydrogen (secondary N) is 1. The molecule has 3 aromatic rings. The smallest absolute Gasteiger partial charge is 0.291 e. The number of carbonyl (C=O) groups excluding carboxylic acids is 1. The zero-order chi connectivity index (χ0) is 17.2. The average Bonchev–Trinajstić information content (AvgIpc) is 3.36. The third kappa shape index (κ3) is 3.21. The molecular formula is C19H19N3O3. The highest BCUT2D eigenvalue weighted by molar-refractivity contribution is 6.02. The maximum atomic E-state index is 12.1. The Morgan fingerprint density at radius 2 is 2.08 bits per heavy atom. The Bertz CT molecular complexity index is 873. The van der Waals surface area contributed by atoms with E-state index in [1.807, 2.05) is 43.6 Å². The lowest BCUT2D eigenvalue weighted by molar-refractivity contribution is 0.0995. The third-order valence-corrected chi connectivity index (χ3v) is 4.33. The number of furan rings is 1. The van der Waals surface area contributed by atoms with E-state index in [-0.39, 0.29) is 5.91 Å². The van der Waals surface area contributed by atoms with Crippen LogP contribution >= 0.6 is 0 Å². The van der Waals surface area contributed by atoms with Crippen LogP contribution in [-0.4, -0.2) is 28.7 Å². The van der Waals surface area contributed by atoms with Crippen LogP contribution in [0.15, 0.2) is 53.2 Å². The fourth-order valence-electron chi connectivity index (χ4n) is 3.03. The molecule has 6 nitrogen and oxygen atoms in total. The molecule has 1 atom stereocenters. The number of hydrogen-bond acceptors (Lipinski definition) is 4. The Hall–Kier alpha value is -2.86. The Kier molecular flexibility index (Phi) is 4.11. The minimum atomic E-state index is -0.257. The number of carbonyl (C=O) groups is 1. The number of benzene rings is 1. The van der Waals surface area contributed by atoms with E-state index in [1.165, 1.54) is 0 Å². The van der Waals surface area contributed by atoms with Crippen LogP contribution < -0.4 is 5.32 Å². The molecule has 1 aromatic carbocycles. The summed E-state index contributed by atoms with van der Waals surface area (Å²) in [5.41, 5.74) is 1.72. The van der Waals surface area contributed by atoms with Gasteiger partial charge in [0.25, 0.3) is 5.91 Å². The van der Waals surface area contributed by atoms with Crippen molar-refractivity contribution in [1.82, 2.24) is 9.55 Å². The van der Waals surface area contributed by atoms with Gasteiger partial charge in [-0.05, 0) is 49.7 Å². The summed E-state index contributed by atoms with van der Waals surface area (Å²) >= 11 is 0. The minimum absolute atomic E-state index is 0.257. The molecule has 1 aliphatic rings. The van der Waals surface area contributed by atoms with E-state index < -0.39 is 0 Å². The Labute approximate surface area is 145 Å². The van der Waals surface area contributed by atoms with Crippen LogP contribution in [0.25, 0.3) is 5.69 Å². The Balaban J connectivity index is 1.51. The SMILES string of the molecule is Cc1ccc(C(=O)Nc2ccc(-n3ccnc3[C@H]3CCOC3)cc2)o1. The molecule has 128 valence electrons. The fraction of sp³-hybridized carbons (Fsp3) is 0.263. The number of imidazole rings is 1. The quantitative estimate of drug-likeness (QED) is 0.791. The number of amides is 1. The van der Waals surface area contributed by atoms with E-state index in [9.17, 15) is 4.79 Å². The molecule has 1 fully saturated rings. The number of rotatable bonds is 4. The Morgan fingerprint density at radius 3 is 2.76 bits per heavy atom. The molecule has 0 unspecified atom stereocenters. The second kappa shape index (κ2) is 6.57. The van der Waals surface area contributed by atoms with Crippen LogP contribution in [0, 0.1) is 6.92 Å². The summed E-state index contributed by atoms with van der Waals surface area (Å²) in [5, 5.41) is 2.84. The van der Waals surface area contributed by atoms with Crippen molar-refractivity contribution >= 4 is 11.6 Å². The van der Waals surface area contributed by atoms with Crippen molar-refractivity contribution in [2.24, 2.45) is 0 Å². The fourth-order valence-corrected chi connectivity index (χ4v) is 3.03. The summed E-state index contributed by atoms with van der Waals surface area (Å²) in [5.74, 6) is 2.10. The van der Waals surface area contributed by atoms with E-state index in [2.05, 4.69) is 14.9 Å². The molecule has 25 heavy (non-hydrogen) atoms. The maximum absolute atomic E-state index is 12.1. The van der Waals surface area contributed by atoms with Crippen molar-refractivity contribution in [3.63, 3.8) is 0 Å². The van der Waals surface area contributed by atoms with E-state index in [0.29, 0.717) is 29.7 Å². The van der Waals surface area contributed by atoms with Crippen molar-refractivity contribution in [1.29, 1.82) is 0 Å². The van der Waals surface area contributed by atoms with Gasteiger partial charge in [0, 0.05) is 36.3 Å². The lowest BCUT2D eigenvalue weighted by Gasteiger charge is -2.12. The number of aryl methyl sites for hydroxylation is 1. The first-order chi connectivity index (χ1) is 12.2. The summed E-state index contributed by atoms with van der Waals surface area (Å²) in [6.45, 7) is 3.31. The highest BCUT2D eigenvalue weighted by Crippen LogP contribution is 2.26. The number of nitrogens with zero attached hydrogens (tertiary/aromatic N) is 2. The largest absolute Gasteiger partial charge is 0.456 e. The molecule has 0 aliphatic carbocycles. The van der Waals surface area contributed by atoms with E-state index in [1.54, 1.807) is 12.1 Å². The summed E-state index contributed by atoms with van der Waals surface area (Å²) in [6.07, 6.45) is 4.75. The van der Waals surface area contributed by atoms with Crippen LogP contribution in [0.5, 0.6) is 0 Å². The predicted molar refractivity (Wildman–Crippen MR) is 93.1 cm³/mol. The molecule has 0 bridgehead atoms. The van der Waals surface area contributed by atoms with Gasteiger partial charge in [-0.15, -0.1) is 0 Å². The van der Waals surface area contributed by atoms with Crippen LogP contribution in [0.1, 0.15) is 34.5 Å². The van der Waals surface area contributed by atoms with Crippen LogP contribution in [0.4, 0.5) is 5.69 Å². The number of aromatic nitrogens is 2. The first-order valence-electron chi connectivity index (χ1n) is 8.30. The second-order valence-corrected chi connectivity index (χ2v) is 6.13. The predicted octanol–water partition coefficient (Wildman–Crippen LogP) is 3.53. The van der Waals surface area contributed by atoms with Crippen molar-refractivity contribution < 1.29 is 13.9 Å². The lowest BCUT2D eigenvalue weighted by Crippen LogP contribution is -2.11. The molecule has 1 amide bonds. The summed E-state index contributed by atoms with van der Waals surface area (Å²) < 4.78 is 12.9. The number of hydrogen-bond donors (Lipinski definition) is 1. The summed E-state index contributed by atoms with van der Waals surface area (Å²) in [7, 11) is 0. The normalized spacial score (nSPS) is 16.9. The highest BCUT2D eigenvalue weighted by Gasteiger charge is 2.22. The number of ether oxygens (including phenoxy) is 1. The zero-order valence-electron chi connectivity index (χ0n) is 13.9. The second-order valence-electron chi connectivity index (χ2n) is 6.13. The first-order valence-corrected chi connectivity index (χ1v) is 8.30. The maximum Gasteiger partial charge on any atom is 0.291 e. The first kappa shape index (κ1) is 15.7. The minimum Gasteiger partial charge on any atom is -0.456 e. The van der Waals surface area contributed by atoms with Gasteiger partial charge in [0.2, 0.25) is 0 Å². The van der Waals surface area contributed by atoms with E-state index >= 15 is 0 Å².